The van der Waals surface area contributed by atoms with E-state index in [-0.39, 0.29) is 18.0 Å². The van der Waals surface area contributed by atoms with Crippen molar-refractivity contribution in [2.75, 3.05) is 0 Å². The minimum Gasteiger partial charge on any atom is -0.462 e. The molecule has 0 amide bonds. The SMILES string of the molecule is CC(C)CCC[C@@H](C)[C@H]1CC[C@H]2[C@@H]3CC=C4C[C@@H](OC(=O)CCCCCCCCCCC(=O)Oc5ccc(N=Nc6ccccc6)cc5)CC[C@]4(C)[C@H]3CC[C@]12C. The van der Waals surface area contributed by atoms with Crippen LogP contribution in [0.3, 0.4) is 0 Å². The first-order valence-corrected chi connectivity index (χ1v) is 23.2. The summed E-state index contributed by atoms with van der Waals surface area (Å²) in [6.07, 6.45) is 26.4. The van der Waals surface area contributed by atoms with Gasteiger partial charge in [0.25, 0.3) is 0 Å². The molecule has 0 aromatic heterocycles. The van der Waals surface area contributed by atoms with Crippen LogP contribution < -0.4 is 4.74 Å². The average Bonchev–Trinajstić information content (AvgIpc) is 3.56. The van der Waals surface area contributed by atoms with Crippen LogP contribution >= 0.6 is 0 Å². The lowest BCUT2D eigenvalue weighted by Crippen LogP contribution is -2.51. The van der Waals surface area contributed by atoms with Crippen LogP contribution in [-0.2, 0) is 14.3 Å². The molecule has 2 aromatic carbocycles. The van der Waals surface area contributed by atoms with Crippen molar-refractivity contribution in [1.29, 1.82) is 0 Å². The number of unbranched alkanes of at least 4 members (excludes halogenated alkanes) is 7. The van der Waals surface area contributed by atoms with Crippen molar-refractivity contribution >= 4 is 23.3 Å². The number of allylic oxidation sites excluding steroid dienone is 1. The molecular weight excluding hydrogens is 705 g/mol. The molecule has 2 aromatic rings. The Morgan fingerprint density at radius 1 is 0.702 bits per heavy atom. The van der Waals surface area contributed by atoms with E-state index in [1.807, 2.05) is 30.3 Å². The largest absolute Gasteiger partial charge is 0.462 e. The summed E-state index contributed by atoms with van der Waals surface area (Å²) in [6, 6.07) is 16.7. The highest BCUT2D eigenvalue weighted by Gasteiger charge is 2.59. The van der Waals surface area contributed by atoms with E-state index in [1.165, 1.54) is 64.2 Å². The van der Waals surface area contributed by atoms with Gasteiger partial charge in [0.15, 0.2) is 0 Å². The normalized spacial score (nSPS) is 28.7. The molecule has 0 radical (unpaired) electrons. The molecular formula is C51H74N2O4. The minimum atomic E-state index is -0.196. The van der Waals surface area contributed by atoms with Gasteiger partial charge in [-0.15, -0.1) is 0 Å². The molecule has 0 unspecified atom stereocenters. The maximum atomic E-state index is 12.9. The van der Waals surface area contributed by atoms with Crippen LogP contribution in [0.15, 0.2) is 76.5 Å². The van der Waals surface area contributed by atoms with Gasteiger partial charge in [0.05, 0.1) is 11.4 Å². The van der Waals surface area contributed by atoms with E-state index in [0.29, 0.717) is 35.1 Å². The fraction of sp³-hybridized carbons (Fsp3) is 0.686. The summed E-state index contributed by atoms with van der Waals surface area (Å²) >= 11 is 0. The number of hydrogen-bond acceptors (Lipinski definition) is 6. The summed E-state index contributed by atoms with van der Waals surface area (Å²) in [5.41, 5.74) is 3.93. The highest BCUT2D eigenvalue weighted by Crippen LogP contribution is 2.67. The molecule has 6 heteroatoms. The average molecular weight is 779 g/mol. The number of benzene rings is 2. The van der Waals surface area contributed by atoms with Gasteiger partial charge in [0.2, 0.25) is 0 Å². The minimum absolute atomic E-state index is 0.00207. The van der Waals surface area contributed by atoms with E-state index in [1.54, 1.807) is 29.8 Å². The standard InChI is InChI=1S/C51H74N2O4/c1-37(2)18-17-19-38(3)45-30-31-46-44-29-24-39-36-43(32-34-50(39,4)47(44)33-35-51(45,46)5)57-49(55)23-16-11-9-7-6-8-10-15-22-48(54)56-42-27-25-41(26-28-42)53-52-40-20-13-12-14-21-40/h12-14,20-21,24-28,37-38,43-47H,6-11,15-19,22-23,29-36H2,1-5H3/t38-,43+,44+,45-,46+,47+,50+,51-/m1/s1. The Balaban J connectivity index is 0.808. The van der Waals surface area contributed by atoms with Gasteiger partial charge < -0.3 is 9.47 Å². The predicted octanol–water partition coefficient (Wildman–Crippen LogP) is 14.9. The zero-order valence-corrected chi connectivity index (χ0v) is 36.2. The number of ether oxygens (including phenoxy) is 2. The number of fused-ring (bicyclic) bond motifs is 5. The van der Waals surface area contributed by atoms with Crippen molar-refractivity contribution in [3.63, 3.8) is 0 Å². The van der Waals surface area contributed by atoms with Crippen molar-refractivity contribution in [2.24, 2.45) is 56.6 Å². The zero-order chi connectivity index (χ0) is 40.3. The molecule has 3 saturated carbocycles. The number of esters is 2. The second-order valence-electron chi connectivity index (χ2n) is 19.5. The molecule has 6 nitrogen and oxygen atoms in total. The fourth-order valence-electron chi connectivity index (χ4n) is 12.0. The highest BCUT2D eigenvalue weighted by atomic mass is 16.5. The van der Waals surface area contributed by atoms with E-state index in [2.05, 4.69) is 50.9 Å². The van der Waals surface area contributed by atoms with Gasteiger partial charge in [0, 0.05) is 19.3 Å². The molecule has 0 heterocycles. The lowest BCUT2D eigenvalue weighted by atomic mass is 9.47. The summed E-state index contributed by atoms with van der Waals surface area (Å²) < 4.78 is 11.6. The van der Waals surface area contributed by atoms with E-state index in [9.17, 15) is 9.59 Å². The Morgan fingerprint density at radius 2 is 1.35 bits per heavy atom. The van der Waals surface area contributed by atoms with E-state index in [0.717, 1.165) is 99.0 Å². The molecule has 3 fully saturated rings. The van der Waals surface area contributed by atoms with Crippen molar-refractivity contribution in [3.8, 4) is 5.75 Å². The number of carbonyl (C=O) groups excluding carboxylic acids is 2. The molecule has 0 N–H and O–H groups in total. The first-order chi connectivity index (χ1) is 27.5. The van der Waals surface area contributed by atoms with Gasteiger partial charge in [-0.3, -0.25) is 9.59 Å². The Bertz CT molecular complexity index is 1630. The van der Waals surface area contributed by atoms with Gasteiger partial charge in [-0.2, -0.15) is 10.2 Å². The Kier molecular flexibility index (Phi) is 15.7. The zero-order valence-electron chi connectivity index (χ0n) is 36.2. The summed E-state index contributed by atoms with van der Waals surface area (Å²) in [7, 11) is 0. The van der Waals surface area contributed by atoms with Crippen LogP contribution in [-0.4, -0.2) is 18.0 Å². The van der Waals surface area contributed by atoms with Crippen LogP contribution in [0.1, 0.15) is 169 Å². The monoisotopic (exact) mass is 779 g/mol. The van der Waals surface area contributed by atoms with Gasteiger partial charge in [-0.25, -0.2) is 0 Å². The first kappa shape index (κ1) is 43.3. The third-order valence-corrected chi connectivity index (χ3v) is 15.2. The number of carbonyl (C=O) groups is 2. The van der Waals surface area contributed by atoms with Gasteiger partial charge in [0.1, 0.15) is 11.9 Å². The predicted molar refractivity (Wildman–Crippen MR) is 232 cm³/mol. The highest BCUT2D eigenvalue weighted by molar-refractivity contribution is 5.72. The van der Waals surface area contributed by atoms with Crippen LogP contribution in [0.4, 0.5) is 11.4 Å². The maximum absolute atomic E-state index is 12.9. The Hall–Kier alpha value is -3.28. The smallest absolute Gasteiger partial charge is 0.311 e. The second-order valence-corrected chi connectivity index (χ2v) is 19.5. The second kappa shape index (κ2) is 20.6. The first-order valence-electron chi connectivity index (χ1n) is 23.2. The van der Waals surface area contributed by atoms with E-state index < -0.39 is 0 Å². The molecule has 6 rings (SSSR count). The Morgan fingerprint density at radius 3 is 2.04 bits per heavy atom. The number of azo groups is 1. The van der Waals surface area contributed by atoms with Crippen LogP contribution in [0.5, 0.6) is 5.75 Å². The van der Waals surface area contributed by atoms with Gasteiger partial charge in [-0.05, 0) is 141 Å². The molecule has 0 saturated heterocycles. The summed E-state index contributed by atoms with van der Waals surface area (Å²) in [5, 5.41) is 8.45. The van der Waals surface area contributed by atoms with Crippen molar-refractivity contribution < 1.29 is 19.1 Å². The van der Waals surface area contributed by atoms with Crippen LogP contribution in [0.25, 0.3) is 0 Å². The Labute approximate surface area is 345 Å². The molecule has 8 atom stereocenters. The third-order valence-electron chi connectivity index (χ3n) is 15.2. The van der Waals surface area contributed by atoms with E-state index >= 15 is 0 Å². The molecule has 0 bridgehead atoms. The molecule has 57 heavy (non-hydrogen) atoms. The number of hydrogen-bond donors (Lipinski definition) is 0. The summed E-state index contributed by atoms with van der Waals surface area (Å²) in [6.45, 7) is 12.6. The fourth-order valence-corrected chi connectivity index (χ4v) is 12.0. The quantitative estimate of drug-likeness (QED) is 0.0441. The molecule has 0 spiro atoms. The van der Waals surface area contributed by atoms with Gasteiger partial charge in [-0.1, -0.05) is 122 Å². The van der Waals surface area contributed by atoms with E-state index in [4.69, 9.17) is 9.47 Å². The van der Waals surface area contributed by atoms with Crippen molar-refractivity contribution in [2.45, 2.75) is 176 Å². The lowest BCUT2D eigenvalue weighted by Gasteiger charge is -2.58. The molecule has 4 aliphatic rings. The van der Waals surface area contributed by atoms with Gasteiger partial charge >= 0.3 is 11.9 Å². The summed E-state index contributed by atoms with van der Waals surface area (Å²) in [4.78, 5) is 25.2. The van der Waals surface area contributed by atoms with Crippen molar-refractivity contribution in [1.82, 2.24) is 0 Å². The molecule has 312 valence electrons. The number of nitrogens with zero attached hydrogens (tertiary/aromatic N) is 2. The lowest BCUT2D eigenvalue weighted by molar-refractivity contribution is -0.151. The molecule has 0 aliphatic heterocycles. The van der Waals surface area contributed by atoms with Crippen LogP contribution in [0.2, 0.25) is 0 Å². The maximum Gasteiger partial charge on any atom is 0.311 e. The number of rotatable bonds is 20. The topological polar surface area (TPSA) is 77.3 Å². The third kappa shape index (κ3) is 11.5. The van der Waals surface area contributed by atoms with Crippen LogP contribution in [0, 0.1) is 46.3 Å². The molecule has 4 aliphatic carbocycles. The summed E-state index contributed by atoms with van der Waals surface area (Å²) in [5.74, 6) is 5.45. The van der Waals surface area contributed by atoms with Crippen molar-refractivity contribution in [3.05, 3.63) is 66.2 Å².